The van der Waals surface area contributed by atoms with Crippen LogP contribution in [-0.2, 0) is 0 Å². The highest BCUT2D eigenvalue weighted by molar-refractivity contribution is 7.27. The molecule has 3 nitrogen and oxygen atoms in total. The van der Waals surface area contributed by atoms with E-state index < -0.39 is 0 Å². The molecule has 0 aliphatic rings. The second kappa shape index (κ2) is 10.6. The predicted molar refractivity (Wildman–Crippen MR) is 212 cm³/mol. The maximum absolute atomic E-state index is 6.93. The Morgan fingerprint density at radius 1 is 0.380 bits per heavy atom. The Labute approximate surface area is 290 Å². The van der Waals surface area contributed by atoms with E-state index in [4.69, 9.17) is 8.83 Å². The van der Waals surface area contributed by atoms with Crippen LogP contribution in [0.15, 0.2) is 173 Å². The van der Waals surface area contributed by atoms with E-state index in [1.165, 1.54) is 42.1 Å². The molecule has 11 aromatic rings. The Morgan fingerprint density at radius 3 is 1.92 bits per heavy atom. The van der Waals surface area contributed by atoms with Crippen LogP contribution < -0.4 is 4.90 Å². The molecule has 50 heavy (non-hydrogen) atoms. The average Bonchev–Trinajstić information content (AvgIpc) is 3.88. The van der Waals surface area contributed by atoms with Gasteiger partial charge in [0.2, 0.25) is 0 Å². The maximum atomic E-state index is 6.93. The van der Waals surface area contributed by atoms with Gasteiger partial charge in [-0.2, -0.15) is 0 Å². The number of fused-ring (bicyclic) bond motifs is 12. The molecular weight excluding hydrogens is 631 g/mol. The zero-order valence-corrected chi connectivity index (χ0v) is 27.6. The fourth-order valence-electron chi connectivity index (χ4n) is 7.75. The van der Waals surface area contributed by atoms with E-state index in [0.717, 1.165) is 60.9 Å². The minimum absolute atomic E-state index is 0.868. The number of hydrogen-bond donors (Lipinski definition) is 0. The Balaban J connectivity index is 1.21. The minimum Gasteiger partial charge on any atom is -0.456 e. The summed E-state index contributed by atoms with van der Waals surface area (Å²) in [6.07, 6.45) is 0. The van der Waals surface area contributed by atoms with E-state index in [2.05, 4.69) is 163 Å². The summed E-state index contributed by atoms with van der Waals surface area (Å²) in [6, 6.07) is 58.1. The summed E-state index contributed by atoms with van der Waals surface area (Å²) in [5, 5.41) is 9.29. The number of anilines is 3. The van der Waals surface area contributed by atoms with Crippen LogP contribution in [0.3, 0.4) is 0 Å². The summed E-state index contributed by atoms with van der Waals surface area (Å²) in [6.45, 7) is 0. The fraction of sp³-hybridized carbons (Fsp3) is 0. The summed E-state index contributed by atoms with van der Waals surface area (Å²) in [5.41, 5.74) is 9.15. The largest absolute Gasteiger partial charge is 0.456 e. The van der Waals surface area contributed by atoms with Crippen LogP contribution in [0.4, 0.5) is 17.1 Å². The molecule has 0 saturated carbocycles. The fourth-order valence-corrected chi connectivity index (χ4v) is 9.11. The van der Waals surface area contributed by atoms with Crippen LogP contribution in [-0.4, -0.2) is 0 Å². The van der Waals surface area contributed by atoms with Gasteiger partial charge in [0.25, 0.3) is 0 Å². The van der Waals surface area contributed by atoms with Crippen molar-refractivity contribution in [2.75, 3.05) is 4.90 Å². The first kappa shape index (κ1) is 27.6. The van der Waals surface area contributed by atoms with Crippen molar-refractivity contribution in [1.82, 2.24) is 0 Å². The first-order valence-electron chi connectivity index (χ1n) is 16.8. The summed E-state index contributed by atoms with van der Waals surface area (Å²) in [4.78, 5) is 2.38. The summed E-state index contributed by atoms with van der Waals surface area (Å²) < 4.78 is 15.7. The van der Waals surface area contributed by atoms with Crippen molar-refractivity contribution < 1.29 is 8.83 Å². The molecule has 0 aliphatic carbocycles. The topological polar surface area (TPSA) is 29.5 Å². The molecule has 11 rings (SSSR count). The number of furan rings is 2. The van der Waals surface area contributed by atoms with Crippen LogP contribution in [0.1, 0.15) is 0 Å². The lowest BCUT2D eigenvalue weighted by Crippen LogP contribution is -2.10. The van der Waals surface area contributed by atoms with Gasteiger partial charge in [-0.15, -0.1) is 11.3 Å². The van der Waals surface area contributed by atoms with Crippen LogP contribution in [0.25, 0.3) is 85.9 Å². The number of hydrogen-bond acceptors (Lipinski definition) is 4. The number of para-hydroxylation sites is 2. The number of rotatable bonds is 4. The molecule has 4 heteroatoms. The van der Waals surface area contributed by atoms with Gasteiger partial charge in [-0.3, -0.25) is 0 Å². The molecule has 0 radical (unpaired) electrons. The molecule has 0 amide bonds. The summed E-state index contributed by atoms with van der Waals surface area (Å²) in [7, 11) is 0. The molecule has 0 spiro atoms. The normalized spacial score (nSPS) is 12.0. The maximum Gasteiger partial charge on any atom is 0.159 e. The Morgan fingerprint density at radius 2 is 1.04 bits per heavy atom. The van der Waals surface area contributed by atoms with Crippen molar-refractivity contribution in [3.63, 3.8) is 0 Å². The molecule has 0 saturated heterocycles. The minimum atomic E-state index is 0.868. The lowest BCUT2D eigenvalue weighted by molar-refractivity contribution is 0.669. The van der Waals surface area contributed by atoms with Crippen molar-refractivity contribution in [3.05, 3.63) is 164 Å². The predicted octanol–water partition coefficient (Wildman–Crippen LogP) is 14.1. The SMILES string of the molecule is c1ccc(-c2ccc(N(c3cccc4c3oc3c5ccccc5ccc43)c3cccc4c3sc3c4ccc4oc5ccccc5c43)cc2)cc1. The number of benzene rings is 8. The van der Waals surface area contributed by atoms with Gasteiger partial charge < -0.3 is 13.7 Å². The molecule has 0 atom stereocenters. The molecule has 0 unspecified atom stereocenters. The van der Waals surface area contributed by atoms with Gasteiger partial charge >= 0.3 is 0 Å². The smallest absolute Gasteiger partial charge is 0.159 e. The first-order valence-corrected chi connectivity index (χ1v) is 17.7. The molecule has 8 aromatic carbocycles. The second-order valence-corrected chi connectivity index (χ2v) is 13.9. The van der Waals surface area contributed by atoms with E-state index in [0.29, 0.717) is 0 Å². The Bertz CT molecular complexity index is 3090. The standard InChI is InChI=1S/C46H27NO2S/c1-2-10-28(11-3-1)29-20-23-31(24-21-29)47(38-17-8-15-33-34-25-22-30-12-4-5-13-32(30)43(34)49-44(33)38)39-18-9-16-35-36-26-27-41-42(46(36)50-45(35)39)37-14-6-7-19-40(37)48-41/h1-27H. The zero-order chi connectivity index (χ0) is 32.8. The zero-order valence-electron chi connectivity index (χ0n) is 26.8. The van der Waals surface area contributed by atoms with Crippen molar-refractivity contribution in [2.24, 2.45) is 0 Å². The van der Waals surface area contributed by atoms with E-state index in [-0.39, 0.29) is 0 Å². The highest BCUT2D eigenvalue weighted by Gasteiger charge is 2.24. The van der Waals surface area contributed by atoms with E-state index in [1.807, 2.05) is 17.4 Å². The lowest BCUT2D eigenvalue weighted by Gasteiger charge is -2.26. The monoisotopic (exact) mass is 657 g/mol. The third-order valence-electron chi connectivity index (χ3n) is 10.1. The molecular formula is C46H27NO2S. The van der Waals surface area contributed by atoms with Crippen molar-refractivity contribution in [3.8, 4) is 11.1 Å². The summed E-state index contributed by atoms with van der Waals surface area (Å²) in [5.74, 6) is 0. The van der Waals surface area contributed by atoms with Crippen LogP contribution in [0.2, 0.25) is 0 Å². The van der Waals surface area contributed by atoms with Gasteiger partial charge in [0, 0.05) is 48.1 Å². The van der Waals surface area contributed by atoms with E-state index >= 15 is 0 Å². The van der Waals surface area contributed by atoms with Gasteiger partial charge in [-0.1, -0.05) is 115 Å². The third kappa shape index (κ3) is 3.97. The molecule has 3 heterocycles. The van der Waals surface area contributed by atoms with Gasteiger partial charge in [-0.25, -0.2) is 0 Å². The molecule has 0 fully saturated rings. The van der Waals surface area contributed by atoms with Crippen molar-refractivity contribution in [1.29, 1.82) is 0 Å². The molecule has 234 valence electrons. The molecule has 0 N–H and O–H groups in total. The molecule has 0 bridgehead atoms. The van der Waals surface area contributed by atoms with Crippen molar-refractivity contribution >= 4 is 103 Å². The molecule has 3 aromatic heterocycles. The van der Waals surface area contributed by atoms with E-state index in [1.54, 1.807) is 0 Å². The quantitative estimate of drug-likeness (QED) is 0.189. The van der Waals surface area contributed by atoms with Crippen molar-refractivity contribution in [2.45, 2.75) is 0 Å². The Hall–Kier alpha value is -6.36. The second-order valence-electron chi connectivity index (χ2n) is 12.8. The van der Waals surface area contributed by atoms with E-state index in [9.17, 15) is 0 Å². The van der Waals surface area contributed by atoms with Crippen LogP contribution in [0, 0.1) is 0 Å². The van der Waals surface area contributed by atoms with Gasteiger partial charge in [0.15, 0.2) is 5.58 Å². The molecule has 0 aliphatic heterocycles. The lowest BCUT2D eigenvalue weighted by atomic mass is 10.0. The van der Waals surface area contributed by atoms with Crippen LogP contribution in [0.5, 0.6) is 0 Å². The first-order chi connectivity index (χ1) is 24.8. The Kier molecular flexibility index (Phi) is 5.83. The highest BCUT2D eigenvalue weighted by atomic mass is 32.1. The number of nitrogens with zero attached hydrogens (tertiary/aromatic N) is 1. The van der Waals surface area contributed by atoms with Gasteiger partial charge in [0.1, 0.15) is 16.7 Å². The average molecular weight is 658 g/mol. The number of thiophene rings is 1. The third-order valence-corrected chi connectivity index (χ3v) is 11.3. The van der Waals surface area contributed by atoms with Gasteiger partial charge in [-0.05, 0) is 65.0 Å². The highest BCUT2D eigenvalue weighted by Crippen LogP contribution is 2.50. The van der Waals surface area contributed by atoms with Gasteiger partial charge in [0.05, 0.1) is 16.1 Å². The van der Waals surface area contributed by atoms with Crippen LogP contribution >= 0.6 is 11.3 Å². The summed E-state index contributed by atoms with van der Waals surface area (Å²) >= 11 is 1.83.